The van der Waals surface area contributed by atoms with E-state index in [1.54, 1.807) is 0 Å². The molecule has 10 heavy (non-hydrogen) atoms. The first-order valence-electron chi connectivity index (χ1n) is 2.55. The maximum absolute atomic E-state index is 5.50. The Balaban J connectivity index is 2.95. The summed E-state index contributed by atoms with van der Waals surface area (Å²) in [6.07, 6.45) is 0. The molecule has 0 radical (unpaired) electrons. The molecule has 0 bridgehead atoms. The summed E-state index contributed by atoms with van der Waals surface area (Å²) in [5, 5.41) is 0. The third-order valence-corrected chi connectivity index (χ3v) is 3.04. The number of nitrogens with two attached hydrogens (primary N) is 2. The molecule has 6 heteroatoms. The fourth-order valence-electron chi connectivity index (χ4n) is 0.682. The van der Waals surface area contributed by atoms with Crippen molar-refractivity contribution in [2.75, 3.05) is 11.5 Å². The number of hydrogen-bond acceptors (Lipinski definition) is 6. The zero-order valence-corrected chi connectivity index (χ0v) is 6.50. The molecule has 0 aliphatic rings. The van der Waals surface area contributed by atoms with Crippen molar-refractivity contribution >= 4 is 44.1 Å². The molecule has 0 saturated carbocycles. The lowest BCUT2D eigenvalue weighted by molar-refractivity contribution is 1.58. The minimum atomic E-state index is 0.536. The van der Waals surface area contributed by atoms with Crippen molar-refractivity contribution in [2.45, 2.75) is 0 Å². The predicted octanol–water partition coefficient (Wildman–Crippen LogP) is 0.917. The molecule has 4 N–H and O–H groups in total. The number of hydrogen-bond donors (Lipinski definition) is 2. The molecule has 2 rings (SSSR count). The summed E-state index contributed by atoms with van der Waals surface area (Å²) in [4.78, 5) is 0. The van der Waals surface area contributed by atoms with Gasteiger partial charge in [0.25, 0.3) is 0 Å². The van der Waals surface area contributed by atoms with Crippen LogP contribution in [0.25, 0.3) is 9.40 Å². The lowest BCUT2D eigenvalue weighted by Crippen LogP contribution is -1.80. The normalized spacial score (nSPS) is 10.8. The van der Waals surface area contributed by atoms with Gasteiger partial charge in [0, 0.05) is 0 Å². The van der Waals surface area contributed by atoms with Crippen molar-refractivity contribution in [1.29, 1.82) is 0 Å². The van der Waals surface area contributed by atoms with Crippen LogP contribution in [0.15, 0.2) is 0 Å². The van der Waals surface area contributed by atoms with E-state index in [2.05, 4.69) is 8.75 Å². The summed E-state index contributed by atoms with van der Waals surface area (Å²) in [6, 6.07) is 0. The summed E-state index contributed by atoms with van der Waals surface area (Å²) in [6.45, 7) is 0. The maximum Gasteiger partial charge on any atom is 0.156 e. The molecule has 0 atom stereocenters. The molecule has 4 nitrogen and oxygen atoms in total. The Morgan fingerprint density at radius 2 is 1.30 bits per heavy atom. The first kappa shape index (κ1) is 5.87. The quantitative estimate of drug-likeness (QED) is 0.619. The molecule has 2 heterocycles. The largest absolute Gasteiger partial charge is 0.382 e. The van der Waals surface area contributed by atoms with Gasteiger partial charge < -0.3 is 11.5 Å². The van der Waals surface area contributed by atoms with Crippen molar-refractivity contribution < 1.29 is 0 Å². The summed E-state index contributed by atoms with van der Waals surface area (Å²) in [5.41, 5.74) is 11.0. The maximum atomic E-state index is 5.50. The average Bonchev–Trinajstić information content (AvgIpc) is 2.41. The van der Waals surface area contributed by atoms with E-state index in [-0.39, 0.29) is 0 Å². The molecule has 0 saturated heterocycles. The van der Waals surface area contributed by atoms with Gasteiger partial charge in [-0.3, -0.25) is 0 Å². The molecule has 0 aliphatic carbocycles. The molecule has 2 aromatic heterocycles. The van der Waals surface area contributed by atoms with Gasteiger partial charge in [-0.25, -0.2) is 0 Å². The number of anilines is 2. The van der Waals surface area contributed by atoms with E-state index >= 15 is 0 Å². The molecular weight excluding hydrogens is 168 g/mol. The summed E-state index contributed by atoms with van der Waals surface area (Å²) in [7, 11) is 0. The highest BCUT2D eigenvalue weighted by Gasteiger charge is 2.08. The molecule has 0 fully saturated rings. The average molecular weight is 172 g/mol. The standard InChI is InChI=1S/C4H4N4S2/c5-3-1-2(10-7-3)4(6)8-9-1/h(H2,5,7)(H2,6,8). The van der Waals surface area contributed by atoms with Crippen LogP contribution in [0.3, 0.4) is 0 Å². The van der Waals surface area contributed by atoms with E-state index in [1.165, 1.54) is 23.1 Å². The van der Waals surface area contributed by atoms with Gasteiger partial charge in [-0.05, 0) is 23.1 Å². The number of nitrogen functional groups attached to an aromatic ring is 2. The van der Waals surface area contributed by atoms with Crippen LogP contribution in [0, 0.1) is 0 Å². The van der Waals surface area contributed by atoms with Crippen LogP contribution in [0.4, 0.5) is 11.6 Å². The summed E-state index contributed by atoms with van der Waals surface area (Å²) in [5.74, 6) is 1.07. The van der Waals surface area contributed by atoms with Crippen molar-refractivity contribution in [3.8, 4) is 0 Å². The SMILES string of the molecule is Nc1nsc2c(N)nsc12. The highest BCUT2D eigenvalue weighted by molar-refractivity contribution is 7.23. The van der Waals surface area contributed by atoms with Gasteiger partial charge in [-0.15, -0.1) is 0 Å². The Labute approximate surface area is 64.8 Å². The zero-order chi connectivity index (χ0) is 7.14. The van der Waals surface area contributed by atoms with Gasteiger partial charge >= 0.3 is 0 Å². The molecule has 0 aliphatic heterocycles. The second-order valence-corrected chi connectivity index (χ2v) is 3.34. The third kappa shape index (κ3) is 0.598. The fraction of sp³-hybridized carbons (Fsp3) is 0. The van der Waals surface area contributed by atoms with Gasteiger partial charge in [0.2, 0.25) is 0 Å². The Bertz CT molecular complexity index is 326. The molecule has 2 aromatic rings. The van der Waals surface area contributed by atoms with Crippen LogP contribution < -0.4 is 11.5 Å². The van der Waals surface area contributed by atoms with Crippen molar-refractivity contribution in [2.24, 2.45) is 0 Å². The van der Waals surface area contributed by atoms with E-state index in [9.17, 15) is 0 Å². The van der Waals surface area contributed by atoms with Gasteiger partial charge in [-0.1, -0.05) is 0 Å². The summed E-state index contributed by atoms with van der Waals surface area (Å²) < 4.78 is 9.66. The summed E-state index contributed by atoms with van der Waals surface area (Å²) >= 11 is 2.59. The fourth-order valence-corrected chi connectivity index (χ4v) is 2.24. The number of fused-ring (bicyclic) bond motifs is 1. The first-order valence-corrected chi connectivity index (χ1v) is 4.09. The lowest BCUT2D eigenvalue weighted by atomic mass is 10.5. The van der Waals surface area contributed by atoms with Crippen LogP contribution in [0.5, 0.6) is 0 Å². The number of rotatable bonds is 0. The molecule has 0 amide bonds. The highest BCUT2D eigenvalue weighted by atomic mass is 32.1. The smallest absolute Gasteiger partial charge is 0.156 e. The van der Waals surface area contributed by atoms with Crippen molar-refractivity contribution in [3.05, 3.63) is 0 Å². The van der Waals surface area contributed by atoms with E-state index in [0.29, 0.717) is 11.6 Å². The molecule has 0 aromatic carbocycles. The molecule has 0 unspecified atom stereocenters. The second kappa shape index (κ2) is 1.80. The second-order valence-electron chi connectivity index (χ2n) is 1.79. The van der Waals surface area contributed by atoms with Crippen LogP contribution in [0.1, 0.15) is 0 Å². The Morgan fingerprint density at radius 1 is 0.900 bits per heavy atom. The number of aromatic nitrogens is 2. The predicted molar refractivity (Wildman–Crippen MR) is 44.1 cm³/mol. The Kier molecular flexibility index (Phi) is 1.06. The van der Waals surface area contributed by atoms with Gasteiger partial charge in [0.05, 0.1) is 0 Å². The zero-order valence-electron chi connectivity index (χ0n) is 4.87. The van der Waals surface area contributed by atoms with Crippen LogP contribution in [-0.2, 0) is 0 Å². The first-order chi connectivity index (χ1) is 4.79. The molecule has 0 spiro atoms. The minimum Gasteiger partial charge on any atom is -0.382 e. The van der Waals surface area contributed by atoms with Crippen molar-refractivity contribution in [3.63, 3.8) is 0 Å². The van der Waals surface area contributed by atoms with E-state index in [1.807, 2.05) is 0 Å². The molecular formula is C4H4N4S2. The monoisotopic (exact) mass is 172 g/mol. The van der Waals surface area contributed by atoms with E-state index in [4.69, 9.17) is 11.5 Å². The van der Waals surface area contributed by atoms with E-state index in [0.717, 1.165) is 9.40 Å². The van der Waals surface area contributed by atoms with Crippen molar-refractivity contribution in [1.82, 2.24) is 8.75 Å². The lowest BCUT2D eigenvalue weighted by Gasteiger charge is -1.73. The number of nitrogens with zero attached hydrogens (tertiary/aromatic N) is 2. The topological polar surface area (TPSA) is 77.8 Å². The van der Waals surface area contributed by atoms with Gasteiger partial charge in [-0.2, -0.15) is 8.75 Å². The molecule has 52 valence electrons. The van der Waals surface area contributed by atoms with Crippen LogP contribution in [0.2, 0.25) is 0 Å². The van der Waals surface area contributed by atoms with Gasteiger partial charge in [0.1, 0.15) is 9.40 Å². The Hall–Kier alpha value is -0.880. The minimum absolute atomic E-state index is 0.536. The van der Waals surface area contributed by atoms with Crippen LogP contribution in [-0.4, -0.2) is 8.75 Å². The van der Waals surface area contributed by atoms with Gasteiger partial charge in [0.15, 0.2) is 11.6 Å². The van der Waals surface area contributed by atoms with E-state index < -0.39 is 0 Å². The highest BCUT2D eigenvalue weighted by Crippen LogP contribution is 2.32. The Morgan fingerprint density at radius 3 is 1.70 bits per heavy atom. The van der Waals surface area contributed by atoms with Crippen LogP contribution >= 0.6 is 23.1 Å². The third-order valence-electron chi connectivity index (χ3n) is 1.14.